The largest absolute Gasteiger partial charge is 0.297 e. The smallest absolute Gasteiger partial charge is 0.218 e. The van der Waals surface area contributed by atoms with Gasteiger partial charge in [-0.15, -0.1) is 0 Å². The second-order valence-corrected chi connectivity index (χ2v) is 10.9. The lowest BCUT2D eigenvalue weighted by atomic mass is 9.83. The third-order valence-corrected chi connectivity index (χ3v) is 7.29. The summed E-state index contributed by atoms with van der Waals surface area (Å²) < 4.78 is 27.5. The normalized spacial score (nSPS) is 26.3. The fourth-order valence-corrected chi connectivity index (χ4v) is 5.18. The van der Waals surface area contributed by atoms with Gasteiger partial charge in [0.2, 0.25) is 10.0 Å². The van der Waals surface area contributed by atoms with Gasteiger partial charge in [-0.3, -0.25) is 4.90 Å². The van der Waals surface area contributed by atoms with Gasteiger partial charge in [-0.1, -0.05) is 32.4 Å². The van der Waals surface area contributed by atoms with Crippen LogP contribution >= 0.6 is 0 Å². The van der Waals surface area contributed by atoms with E-state index < -0.39 is 10.0 Å². The second-order valence-electron chi connectivity index (χ2n) is 8.66. The summed E-state index contributed by atoms with van der Waals surface area (Å²) in [6.45, 7) is 15.8. The maximum absolute atomic E-state index is 12.9. The Morgan fingerprint density at radius 2 is 1.73 bits per heavy atom. The zero-order valence-corrected chi connectivity index (χ0v) is 15.8. The first-order valence-electron chi connectivity index (χ1n) is 8.36. The van der Waals surface area contributed by atoms with Crippen molar-refractivity contribution in [3.8, 4) is 0 Å². The van der Waals surface area contributed by atoms with E-state index in [4.69, 9.17) is 0 Å². The van der Waals surface area contributed by atoms with Crippen LogP contribution in [0.4, 0.5) is 0 Å². The topological polar surface area (TPSA) is 40.6 Å². The molecule has 22 heavy (non-hydrogen) atoms. The lowest BCUT2D eigenvalue weighted by Gasteiger charge is -2.34. The minimum absolute atomic E-state index is 0.0471. The van der Waals surface area contributed by atoms with E-state index in [-0.39, 0.29) is 16.2 Å². The number of sulfonamides is 1. The highest BCUT2D eigenvalue weighted by atomic mass is 32.2. The Labute approximate surface area is 136 Å². The second kappa shape index (κ2) is 5.91. The van der Waals surface area contributed by atoms with Crippen molar-refractivity contribution >= 4 is 10.0 Å². The predicted octanol–water partition coefficient (Wildman–Crippen LogP) is 2.87. The Morgan fingerprint density at radius 3 is 2.14 bits per heavy atom. The quantitative estimate of drug-likeness (QED) is 0.732. The van der Waals surface area contributed by atoms with E-state index in [0.29, 0.717) is 19.6 Å². The van der Waals surface area contributed by atoms with Crippen LogP contribution in [0.5, 0.6) is 0 Å². The van der Waals surface area contributed by atoms with Gasteiger partial charge in [-0.05, 0) is 39.0 Å². The molecule has 0 aromatic heterocycles. The van der Waals surface area contributed by atoms with Gasteiger partial charge in [0.15, 0.2) is 0 Å². The number of hydrogen-bond donors (Lipinski definition) is 0. The fraction of sp³-hybridized carbons (Fsp3) is 0.882. The molecule has 1 saturated heterocycles. The molecular weight excluding hydrogens is 296 g/mol. The highest BCUT2D eigenvalue weighted by Crippen LogP contribution is 2.32. The van der Waals surface area contributed by atoms with Crippen LogP contribution in [0, 0.1) is 5.41 Å². The zero-order chi connectivity index (χ0) is 16.8. The molecule has 0 radical (unpaired) electrons. The predicted molar refractivity (Wildman–Crippen MR) is 92.4 cm³/mol. The van der Waals surface area contributed by atoms with Crippen LogP contribution in [0.1, 0.15) is 54.4 Å². The number of rotatable bonds is 2. The molecule has 0 saturated carbocycles. The first kappa shape index (κ1) is 18.0. The summed E-state index contributed by atoms with van der Waals surface area (Å²) in [4.78, 5) is 2.29. The van der Waals surface area contributed by atoms with Crippen molar-refractivity contribution in [2.75, 3.05) is 26.2 Å². The monoisotopic (exact) mass is 328 g/mol. The van der Waals surface area contributed by atoms with E-state index in [1.54, 1.807) is 4.31 Å². The summed E-state index contributed by atoms with van der Waals surface area (Å²) in [5, 5.41) is -0.240. The summed E-state index contributed by atoms with van der Waals surface area (Å²) in [5.74, 6) is 0. The minimum atomic E-state index is -3.18. The molecule has 0 amide bonds. The maximum atomic E-state index is 12.9. The minimum Gasteiger partial charge on any atom is -0.297 e. The van der Waals surface area contributed by atoms with Gasteiger partial charge in [-0.2, -0.15) is 4.31 Å². The molecule has 2 heterocycles. The maximum Gasteiger partial charge on any atom is 0.218 e. The molecule has 0 spiro atoms. The SMILES string of the molecule is CC(C)(C)C1=CCN(S(=O)(=O)C2CCN(C(C)(C)C)C2)CC1. The molecule has 0 aromatic carbocycles. The van der Waals surface area contributed by atoms with Crippen molar-refractivity contribution < 1.29 is 8.42 Å². The third kappa shape index (κ3) is 3.74. The summed E-state index contributed by atoms with van der Waals surface area (Å²) in [7, 11) is -3.18. The molecule has 0 aromatic rings. The van der Waals surface area contributed by atoms with Gasteiger partial charge in [0.1, 0.15) is 0 Å². The fourth-order valence-electron chi connectivity index (χ4n) is 3.35. The first-order chi connectivity index (χ1) is 9.92. The molecule has 0 bridgehead atoms. The van der Waals surface area contributed by atoms with Crippen molar-refractivity contribution in [3.05, 3.63) is 11.6 Å². The number of hydrogen-bond acceptors (Lipinski definition) is 3. The molecule has 1 unspecified atom stereocenters. The molecule has 0 aliphatic carbocycles. The summed E-state index contributed by atoms with van der Waals surface area (Å²) in [6.07, 6.45) is 3.74. The molecular formula is C17H32N2O2S. The van der Waals surface area contributed by atoms with Crippen molar-refractivity contribution in [1.29, 1.82) is 0 Å². The van der Waals surface area contributed by atoms with Gasteiger partial charge < -0.3 is 0 Å². The first-order valence-corrected chi connectivity index (χ1v) is 9.86. The molecule has 1 fully saturated rings. The van der Waals surface area contributed by atoms with Crippen molar-refractivity contribution in [2.24, 2.45) is 5.41 Å². The highest BCUT2D eigenvalue weighted by molar-refractivity contribution is 7.89. The standard InChI is InChI=1S/C17H32N2O2S/c1-16(2,3)14-7-11-19(12-8-14)22(20,21)15-9-10-18(13-15)17(4,5)6/h7,15H,8-13H2,1-6H3. The van der Waals surface area contributed by atoms with E-state index in [0.717, 1.165) is 19.4 Å². The van der Waals surface area contributed by atoms with Crippen LogP contribution in [0.25, 0.3) is 0 Å². The van der Waals surface area contributed by atoms with Crippen LogP contribution in [0.15, 0.2) is 11.6 Å². The average Bonchev–Trinajstić information content (AvgIpc) is 2.88. The Hall–Kier alpha value is -0.390. The van der Waals surface area contributed by atoms with Crippen LogP contribution in [-0.4, -0.2) is 54.6 Å². The Kier molecular flexibility index (Phi) is 4.83. The molecule has 0 N–H and O–H groups in total. The molecule has 1 atom stereocenters. The van der Waals surface area contributed by atoms with Crippen molar-refractivity contribution in [1.82, 2.24) is 9.21 Å². The Bertz CT molecular complexity index is 538. The summed E-state index contributed by atoms with van der Waals surface area (Å²) in [6, 6.07) is 0. The van der Waals surface area contributed by atoms with E-state index in [2.05, 4.69) is 52.5 Å². The third-order valence-electron chi connectivity index (χ3n) is 5.01. The Balaban J connectivity index is 2.06. The van der Waals surface area contributed by atoms with Gasteiger partial charge in [-0.25, -0.2) is 8.42 Å². The van der Waals surface area contributed by atoms with Gasteiger partial charge in [0, 0.05) is 31.7 Å². The zero-order valence-electron chi connectivity index (χ0n) is 15.0. The van der Waals surface area contributed by atoms with Crippen molar-refractivity contribution in [3.63, 3.8) is 0 Å². The van der Waals surface area contributed by atoms with E-state index in [9.17, 15) is 8.42 Å². The van der Waals surface area contributed by atoms with Gasteiger partial charge in [0.25, 0.3) is 0 Å². The average molecular weight is 329 g/mol. The highest BCUT2D eigenvalue weighted by Gasteiger charge is 2.40. The van der Waals surface area contributed by atoms with Crippen LogP contribution in [0.3, 0.4) is 0 Å². The molecule has 2 aliphatic rings. The van der Waals surface area contributed by atoms with Crippen molar-refractivity contribution in [2.45, 2.75) is 65.2 Å². The Morgan fingerprint density at radius 1 is 1.09 bits per heavy atom. The van der Waals surface area contributed by atoms with Gasteiger partial charge >= 0.3 is 0 Å². The number of likely N-dealkylation sites (tertiary alicyclic amines) is 1. The molecule has 5 heteroatoms. The van der Waals surface area contributed by atoms with Crippen LogP contribution in [0.2, 0.25) is 0 Å². The lowest BCUT2D eigenvalue weighted by molar-refractivity contribution is 0.175. The molecule has 2 aliphatic heterocycles. The molecule has 4 nitrogen and oxygen atoms in total. The lowest BCUT2D eigenvalue weighted by Crippen LogP contribution is -2.45. The summed E-state index contributed by atoms with van der Waals surface area (Å²) in [5.41, 5.74) is 1.57. The molecule has 2 rings (SSSR count). The van der Waals surface area contributed by atoms with Crippen LogP contribution in [-0.2, 0) is 10.0 Å². The number of nitrogens with zero attached hydrogens (tertiary/aromatic N) is 2. The van der Waals surface area contributed by atoms with E-state index in [1.807, 2.05) is 0 Å². The van der Waals surface area contributed by atoms with E-state index in [1.165, 1.54) is 5.57 Å². The van der Waals surface area contributed by atoms with Crippen LogP contribution < -0.4 is 0 Å². The summed E-state index contributed by atoms with van der Waals surface area (Å²) >= 11 is 0. The van der Waals surface area contributed by atoms with E-state index >= 15 is 0 Å². The molecule has 128 valence electrons. The van der Waals surface area contributed by atoms with Gasteiger partial charge in [0.05, 0.1) is 5.25 Å².